The number of nitrogens with zero attached hydrogens (tertiary/aromatic N) is 5. The average Bonchev–Trinajstić information content (AvgIpc) is 3.76. The Morgan fingerprint density at radius 3 is 1.49 bits per heavy atom. The van der Waals surface area contributed by atoms with Crippen LogP contribution in [0, 0.1) is 0 Å². The van der Waals surface area contributed by atoms with Gasteiger partial charge in [-0.2, -0.15) is 15.0 Å². The first-order valence-electron chi connectivity index (χ1n) is 21.1. The summed E-state index contributed by atoms with van der Waals surface area (Å²) in [6.07, 6.45) is 0. The Balaban J connectivity index is 1.62. The van der Waals surface area contributed by atoms with Gasteiger partial charge in [0, 0.05) is 21.5 Å². The highest BCUT2D eigenvalue weighted by Gasteiger charge is 2.19. The molecule has 0 aliphatic heterocycles. The van der Waals surface area contributed by atoms with Crippen LogP contribution < -0.4 is 0 Å². The lowest BCUT2D eigenvalue weighted by Gasteiger charge is -2.11. The third-order valence-corrected chi connectivity index (χ3v) is 6.09. The molecule has 184 valence electrons. The first-order valence-corrected chi connectivity index (χ1v) is 11.5. The van der Waals surface area contributed by atoms with Gasteiger partial charge < -0.3 is 0 Å². The van der Waals surface area contributed by atoms with Crippen molar-refractivity contribution < 1.29 is 27.4 Å². The monoisotopic (exact) mass is 541 g/mol. The van der Waals surface area contributed by atoms with Gasteiger partial charge in [0.1, 0.15) is 0 Å². The molecule has 0 aliphatic rings. The van der Waals surface area contributed by atoms with E-state index in [-0.39, 0.29) is 10.8 Å². The molecule has 0 fully saturated rings. The zero-order chi connectivity index (χ0) is 43.3. The zero-order valence-electron chi connectivity index (χ0n) is 39.1. The highest BCUT2D eigenvalue weighted by atomic mass is 35.5. The van der Waals surface area contributed by atoms with Gasteiger partial charge in [-0.25, -0.2) is 0 Å². The molecule has 8 aromatic rings. The summed E-state index contributed by atoms with van der Waals surface area (Å²) >= 11 is 6.52. The average molecular weight is 542 g/mol. The molecule has 0 aliphatic carbocycles. The molecule has 0 saturated carbocycles. The summed E-state index contributed by atoms with van der Waals surface area (Å²) in [7, 11) is 0. The number of benzene rings is 5. The minimum Gasteiger partial charge on any atom is -0.278 e. The van der Waals surface area contributed by atoms with E-state index in [2.05, 4.69) is 15.0 Å². The topological polar surface area (TPSA) is 48.5 Å². The van der Waals surface area contributed by atoms with Crippen LogP contribution in [0.2, 0.25) is 5.28 Å². The fraction of sp³-hybridized carbons (Fsp3) is 0. The molecule has 0 bridgehead atoms. The second kappa shape index (κ2) is 8.51. The largest absolute Gasteiger partial charge is 0.278 e. The van der Waals surface area contributed by atoms with Gasteiger partial charge in [-0.15, -0.1) is 0 Å². The van der Waals surface area contributed by atoms with E-state index in [1.54, 1.807) is 0 Å². The van der Waals surface area contributed by atoms with Crippen LogP contribution in [0.3, 0.4) is 0 Å². The van der Waals surface area contributed by atoms with Gasteiger partial charge >= 0.3 is 0 Å². The van der Waals surface area contributed by atoms with Crippen LogP contribution in [0.1, 0.15) is 27.4 Å². The third-order valence-electron chi connectivity index (χ3n) is 5.92. The summed E-state index contributed by atoms with van der Waals surface area (Å²) in [4.78, 5) is 12.8. The number of halogens is 1. The molecule has 39 heavy (non-hydrogen) atoms. The highest BCUT2D eigenvalue weighted by molar-refractivity contribution is 6.28. The third kappa shape index (κ3) is 3.37. The maximum absolute atomic E-state index is 9.47. The standard InChI is InChI=1S/C33H20ClN5/c34-31-35-32(38-27-15-7-4-12-23(27)24-13-5-8-16-28(24)38)37-33(36-31)39-29-17-9-6-14-25(29)26-19-18-22(20-30(26)39)21-10-2-1-3-11-21/h1-20H/i1D,2D,3D,4D,5D,6D,7D,8D,9D,10D,11D,12D,13D,14D,15D,16D,17D,18D,19D,20D. The maximum Gasteiger partial charge on any atom is 0.240 e. The minimum atomic E-state index is -0.824. The number of para-hydroxylation sites is 3. The SMILES string of the molecule is [2H]c1c([2H])c([2H])c(-c2c([2H])c([2H])c3c4c([2H])c([2H])c([2H])c([2H])c4n(-c4nc(Cl)nc(-n5c6c([2H])c([2H])c([2H])c([2H])c6c6c([2H])c([2H])c([2H])c([2H])c65)n4)c3c2[2H])c([2H])c1[2H]. The van der Waals surface area contributed by atoms with Crippen molar-refractivity contribution in [3.63, 3.8) is 0 Å². The fourth-order valence-corrected chi connectivity index (χ4v) is 4.51. The molecule has 5 nitrogen and oxygen atoms in total. The summed E-state index contributed by atoms with van der Waals surface area (Å²) < 4.78 is 175. The van der Waals surface area contributed by atoms with Crippen LogP contribution in [0.4, 0.5) is 0 Å². The van der Waals surface area contributed by atoms with Crippen molar-refractivity contribution in [3.05, 3.63) is 126 Å². The number of rotatable bonds is 3. The molecular formula is C33H20ClN5. The summed E-state index contributed by atoms with van der Waals surface area (Å²) in [5.41, 5.74) is -3.08. The summed E-state index contributed by atoms with van der Waals surface area (Å²) in [5, 5.41) is -2.17. The Kier molecular flexibility index (Phi) is 2.17. The Morgan fingerprint density at radius 2 is 0.923 bits per heavy atom. The van der Waals surface area contributed by atoms with Crippen LogP contribution in [0.5, 0.6) is 0 Å². The Bertz CT molecular complexity index is 3200. The molecule has 3 aromatic heterocycles. The van der Waals surface area contributed by atoms with Gasteiger partial charge in [0.15, 0.2) is 0 Å². The van der Waals surface area contributed by atoms with Gasteiger partial charge in [-0.3, -0.25) is 9.13 Å². The van der Waals surface area contributed by atoms with Crippen LogP contribution in [0.15, 0.2) is 121 Å². The van der Waals surface area contributed by atoms with E-state index in [0.29, 0.717) is 0 Å². The predicted octanol–water partition coefficient (Wildman–Crippen LogP) is 8.39. The summed E-state index contributed by atoms with van der Waals surface area (Å²) in [5.74, 6) is -1.30. The number of hydrogen-bond donors (Lipinski definition) is 0. The maximum atomic E-state index is 9.47. The van der Waals surface area contributed by atoms with Gasteiger partial charge in [0.05, 0.1) is 49.5 Å². The Morgan fingerprint density at radius 1 is 0.462 bits per heavy atom. The summed E-state index contributed by atoms with van der Waals surface area (Å²) in [6.45, 7) is 0. The molecule has 0 radical (unpaired) electrons. The van der Waals surface area contributed by atoms with Crippen molar-refractivity contribution in [2.75, 3.05) is 0 Å². The molecule has 6 heteroatoms. The van der Waals surface area contributed by atoms with Crippen molar-refractivity contribution >= 4 is 55.2 Å². The molecule has 0 atom stereocenters. The molecule has 5 aromatic carbocycles. The molecule has 0 amide bonds. The lowest BCUT2D eigenvalue weighted by atomic mass is 10.0. The Labute approximate surface area is 256 Å². The van der Waals surface area contributed by atoms with E-state index < -0.39 is 182 Å². The number of fused-ring (bicyclic) bond motifs is 6. The molecule has 0 N–H and O–H groups in total. The quantitative estimate of drug-likeness (QED) is 0.225. The lowest BCUT2D eigenvalue weighted by molar-refractivity contribution is 0.887. The fourth-order valence-electron chi connectivity index (χ4n) is 4.36. The van der Waals surface area contributed by atoms with Crippen LogP contribution >= 0.6 is 11.6 Å². The first-order chi connectivity index (χ1) is 27.6. The van der Waals surface area contributed by atoms with E-state index in [9.17, 15) is 1.37 Å². The van der Waals surface area contributed by atoms with Gasteiger partial charge in [-0.1, -0.05) is 96.7 Å². The van der Waals surface area contributed by atoms with Gasteiger partial charge in [0.25, 0.3) is 0 Å². The lowest BCUT2D eigenvalue weighted by Crippen LogP contribution is -2.09. The van der Waals surface area contributed by atoms with E-state index in [4.69, 9.17) is 37.6 Å². The van der Waals surface area contributed by atoms with Crippen LogP contribution in [-0.2, 0) is 0 Å². The van der Waals surface area contributed by atoms with Gasteiger partial charge in [0.2, 0.25) is 17.2 Å². The van der Waals surface area contributed by atoms with Gasteiger partial charge in [-0.05, 0) is 46.9 Å². The van der Waals surface area contributed by atoms with E-state index in [1.165, 1.54) is 0 Å². The number of aromatic nitrogens is 5. The number of hydrogen-bond acceptors (Lipinski definition) is 3. The summed E-state index contributed by atoms with van der Waals surface area (Å²) in [6, 6.07) is -15.2. The zero-order valence-corrected chi connectivity index (χ0v) is 19.9. The second-order valence-corrected chi connectivity index (χ2v) is 8.36. The van der Waals surface area contributed by atoms with Crippen LogP contribution in [0.25, 0.3) is 66.6 Å². The molecule has 8 rings (SSSR count). The molecule has 0 spiro atoms. The van der Waals surface area contributed by atoms with E-state index in [1.807, 2.05) is 0 Å². The highest BCUT2D eigenvalue weighted by Crippen LogP contribution is 2.35. The normalized spacial score (nSPS) is 18.9. The van der Waals surface area contributed by atoms with E-state index >= 15 is 0 Å². The predicted molar refractivity (Wildman–Crippen MR) is 159 cm³/mol. The van der Waals surface area contributed by atoms with Crippen molar-refractivity contribution in [1.82, 2.24) is 24.1 Å². The smallest absolute Gasteiger partial charge is 0.240 e. The first kappa shape index (κ1) is 9.95. The minimum absolute atomic E-state index is 0.333. The van der Waals surface area contributed by atoms with Crippen molar-refractivity contribution in [1.29, 1.82) is 0 Å². The molecule has 3 heterocycles. The molecule has 0 unspecified atom stereocenters. The Hall–Kier alpha value is -5.00. The molecular weight excluding hydrogens is 502 g/mol. The van der Waals surface area contributed by atoms with E-state index in [0.717, 1.165) is 9.13 Å². The molecule has 0 saturated heterocycles. The van der Waals surface area contributed by atoms with Crippen molar-refractivity contribution in [3.8, 4) is 23.0 Å². The second-order valence-electron chi connectivity index (χ2n) is 8.02. The van der Waals surface area contributed by atoms with Crippen LogP contribution in [-0.4, -0.2) is 24.1 Å². The van der Waals surface area contributed by atoms with Crippen molar-refractivity contribution in [2.24, 2.45) is 0 Å². The van der Waals surface area contributed by atoms with Crippen molar-refractivity contribution in [2.45, 2.75) is 0 Å².